The summed E-state index contributed by atoms with van der Waals surface area (Å²) >= 11 is 8.29. The molecule has 0 radical (unpaired) electrons. The van der Waals surface area contributed by atoms with Crippen molar-refractivity contribution in [3.63, 3.8) is 0 Å². The molecule has 234 valence electrons. The van der Waals surface area contributed by atoms with Gasteiger partial charge in [0.1, 0.15) is 0 Å². The van der Waals surface area contributed by atoms with Crippen LogP contribution in [0.2, 0.25) is 5.02 Å². The maximum atomic E-state index is 10.6. The molecule has 0 amide bonds. The molecule has 0 N–H and O–H groups in total. The van der Waals surface area contributed by atoms with E-state index in [-0.39, 0.29) is 0 Å². The predicted octanol–water partition coefficient (Wildman–Crippen LogP) is 12.0. The van der Waals surface area contributed by atoms with Crippen LogP contribution in [0.15, 0.2) is 168 Å². The minimum atomic E-state index is -0.783. The quantitative estimate of drug-likeness (QED) is 0.186. The fourth-order valence-corrected chi connectivity index (χ4v) is 9.10. The summed E-state index contributed by atoms with van der Waals surface area (Å²) in [6.45, 7) is 0. The molecule has 1 aliphatic heterocycles. The summed E-state index contributed by atoms with van der Waals surface area (Å²) in [6, 6.07) is 58.9. The molecule has 2 aliphatic rings. The lowest BCUT2D eigenvalue weighted by Gasteiger charge is -2.37. The molecule has 0 aromatic heterocycles. The number of nitrogens with zero attached hydrogens (tertiary/aromatic N) is 3. The molecule has 1 heterocycles. The molecule has 0 saturated carbocycles. The third-order valence-corrected chi connectivity index (χ3v) is 11.3. The zero-order chi connectivity index (χ0) is 33.8. The van der Waals surface area contributed by atoms with Gasteiger partial charge in [0.05, 0.1) is 40.1 Å². The lowest BCUT2D eigenvalue weighted by molar-refractivity contribution is 0.770. The van der Waals surface area contributed by atoms with Gasteiger partial charge in [0.2, 0.25) is 0 Å². The monoisotopic (exact) mass is 675 g/mol. The molecule has 7 aromatic carbocycles. The molecule has 7 aromatic rings. The molecule has 0 fully saturated rings. The second kappa shape index (κ2) is 11.8. The van der Waals surface area contributed by atoms with Crippen LogP contribution < -0.4 is 4.90 Å². The summed E-state index contributed by atoms with van der Waals surface area (Å²) in [4.78, 5) is 4.63. The van der Waals surface area contributed by atoms with Crippen molar-refractivity contribution in [2.75, 3.05) is 4.90 Å². The zero-order valence-electron chi connectivity index (χ0n) is 26.6. The summed E-state index contributed by atoms with van der Waals surface area (Å²) in [5.41, 5.74) is 11.1. The summed E-state index contributed by atoms with van der Waals surface area (Å²) < 4.78 is 0. The Labute approximate surface area is 300 Å². The van der Waals surface area contributed by atoms with Gasteiger partial charge in [-0.05, 0) is 99.6 Å². The summed E-state index contributed by atoms with van der Waals surface area (Å²) in [5, 5.41) is 21.9. The van der Waals surface area contributed by atoms with Gasteiger partial charge in [-0.1, -0.05) is 120 Å². The normalized spacial score (nSPS) is 15.2. The fraction of sp³-hybridized carbons (Fsp3) is 0.0222. The van der Waals surface area contributed by atoms with Crippen LogP contribution in [0.25, 0.3) is 22.3 Å². The van der Waals surface area contributed by atoms with Crippen LogP contribution in [-0.2, 0) is 5.41 Å². The Morgan fingerprint density at radius 1 is 0.540 bits per heavy atom. The molecular formula is C45H26ClN3S. The van der Waals surface area contributed by atoms with Gasteiger partial charge >= 0.3 is 0 Å². The third-order valence-electron chi connectivity index (χ3n) is 9.87. The number of hydrogen-bond donors (Lipinski definition) is 0. The highest BCUT2D eigenvalue weighted by Gasteiger charge is 2.48. The predicted molar refractivity (Wildman–Crippen MR) is 202 cm³/mol. The molecule has 0 bridgehead atoms. The van der Waals surface area contributed by atoms with Crippen molar-refractivity contribution in [2.24, 2.45) is 0 Å². The van der Waals surface area contributed by atoms with Gasteiger partial charge in [-0.2, -0.15) is 10.5 Å². The van der Waals surface area contributed by atoms with Crippen molar-refractivity contribution in [2.45, 2.75) is 15.2 Å². The molecule has 3 nitrogen and oxygen atoms in total. The largest absolute Gasteiger partial charge is 0.308 e. The number of para-hydroxylation sites is 2. The van der Waals surface area contributed by atoms with Crippen molar-refractivity contribution >= 4 is 40.4 Å². The Balaban J connectivity index is 1.48. The van der Waals surface area contributed by atoms with Crippen LogP contribution in [0.4, 0.5) is 17.1 Å². The van der Waals surface area contributed by atoms with E-state index in [2.05, 4.69) is 138 Å². The first kappa shape index (κ1) is 30.1. The van der Waals surface area contributed by atoms with E-state index in [4.69, 9.17) is 11.6 Å². The van der Waals surface area contributed by atoms with Crippen LogP contribution >= 0.6 is 23.4 Å². The van der Waals surface area contributed by atoms with Gasteiger partial charge in [0.15, 0.2) is 0 Å². The SMILES string of the molecule is N#Cc1cccc(C#N)c1-c1cc(N2c3ccccc3Sc3ccccc32)cc2c1C(c1ccccc1)(c1ccc(Cl)cc1)c1ccccc1-2. The van der Waals surface area contributed by atoms with Crippen LogP contribution in [0.5, 0.6) is 0 Å². The minimum absolute atomic E-state index is 0.451. The number of halogens is 1. The number of benzene rings is 7. The Morgan fingerprint density at radius 2 is 1.10 bits per heavy atom. The smallest absolute Gasteiger partial charge is 0.0998 e. The average molecular weight is 676 g/mol. The van der Waals surface area contributed by atoms with E-state index in [0.717, 1.165) is 65.8 Å². The standard InChI is InChI=1S/C45H26ClN3S/c46-33-23-21-32(22-24-33)45(31-13-2-1-3-14-31)38-16-5-4-15-35(38)36-25-34(26-37(44(36)45)43-29(27-47)11-10-12-30(43)28-48)49-39-17-6-8-19-41(39)50-42-20-9-7-18-40(42)49/h1-26H. The molecule has 5 heteroatoms. The van der Waals surface area contributed by atoms with E-state index in [1.54, 1.807) is 17.8 Å². The third kappa shape index (κ3) is 4.37. The number of fused-ring (bicyclic) bond motifs is 5. The van der Waals surface area contributed by atoms with Crippen LogP contribution in [0.3, 0.4) is 0 Å². The van der Waals surface area contributed by atoms with E-state index in [0.29, 0.717) is 21.7 Å². The Hall–Kier alpha value is -6.04. The highest BCUT2D eigenvalue weighted by molar-refractivity contribution is 7.99. The van der Waals surface area contributed by atoms with Crippen LogP contribution in [0.1, 0.15) is 33.4 Å². The van der Waals surface area contributed by atoms with E-state index >= 15 is 0 Å². The van der Waals surface area contributed by atoms with Crippen molar-refractivity contribution < 1.29 is 0 Å². The van der Waals surface area contributed by atoms with Gasteiger partial charge in [0, 0.05) is 26.1 Å². The van der Waals surface area contributed by atoms with Crippen LogP contribution in [-0.4, -0.2) is 0 Å². The van der Waals surface area contributed by atoms with Gasteiger partial charge in [-0.15, -0.1) is 0 Å². The van der Waals surface area contributed by atoms with Crippen molar-refractivity contribution in [3.8, 4) is 34.4 Å². The van der Waals surface area contributed by atoms with Gasteiger partial charge in [0.25, 0.3) is 0 Å². The highest BCUT2D eigenvalue weighted by Crippen LogP contribution is 2.61. The van der Waals surface area contributed by atoms with Crippen molar-refractivity contribution in [1.29, 1.82) is 10.5 Å². The molecule has 1 aliphatic carbocycles. The molecular weight excluding hydrogens is 650 g/mol. The summed E-state index contributed by atoms with van der Waals surface area (Å²) in [5.74, 6) is 0. The molecule has 9 rings (SSSR count). The fourth-order valence-electron chi connectivity index (χ4n) is 7.92. The number of rotatable bonds is 4. The van der Waals surface area contributed by atoms with E-state index in [9.17, 15) is 10.5 Å². The average Bonchev–Trinajstić information content (AvgIpc) is 3.48. The molecule has 0 saturated heterocycles. The second-order valence-electron chi connectivity index (χ2n) is 12.4. The first-order valence-corrected chi connectivity index (χ1v) is 17.5. The summed E-state index contributed by atoms with van der Waals surface area (Å²) in [7, 11) is 0. The van der Waals surface area contributed by atoms with Crippen molar-refractivity contribution in [3.05, 3.63) is 196 Å². The number of nitriles is 2. The van der Waals surface area contributed by atoms with E-state index < -0.39 is 5.41 Å². The second-order valence-corrected chi connectivity index (χ2v) is 13.9. The topological polar surface area (TPSA) is 50.8 Å². The molecule has 50 heavy (non-hydrogen) atoms. The maximum Gasteiger partial charge on any atom is 0.0998 e. The first-order valence-electron chi connectivity index (χ1n) is 16.3. The maximum absolute atomic E-state index is 10.6. The lowest BCUT2D eigenvalue weighted by Crippen LogP contribution is -2.29. The van der Waals surface area contributed by atoms with Crippen LogP contribution in [0, 0.1) is 22.7 Å². The molecule has 0 spiro atoms. The summed E-state index contributed by atoms with van der Waals surface area (Å²) in [6.07, 6.45) is 0. The number of hydrogen-bond acceptors (Lipinski definition) is 4. The molecule has 1 unspecified atom stereocenters. The van der Waals surface area contributed by atoms with Gasteiger partial charge in [-0.3, -0.25) is 0 Å². The lowest BCUT2D eigenvalue weighted by atomic mass is 9.65. The molecule has 1 atom stereocenters. The highest BCUT2D eigenvalue weighted by atomic mass is 35.5. The van der Waals surface area contributed by atoms with Crippen molar-refractivity contribution in [1.82, 2.24) is 0 Å². The Morgan fingerprint density at radius 3 is 1.76 bits per heavy atom. The van der Waals surface area contributed by atoms with E-state index in [1.165, 1.54) is 0 Å². The van der Waals surface area contributed by atoms with Gasteiger partial charge in [-0.25, -0.2) is 0 Å². The van der Waals surface area contributed by atoms with Gasteiger partial charge < -0.3 is 4.90 Å². The van der Waals surface area contributed by atoms with E-state index in [1.807, 2.05) is 30.3 Å². The number of anilines is 3. The Bertz CT molecular complexity index is 2490. The Kier molecular flexibility index (Phi) is 7.11. The minimum Gasteiger partial charge on any atom is -0.308 e. The zero-order valence-corrected chi connectivity index (χ0v) is 28.2. The first-order chi connectivity index (χ1) is 24.6.